The zero-order chi connectivity index (χ0) is 21.8. The number of anilines is 2. The fraction of sp³-hybridized carbons (Fsp3) is 0.619. The third-order valence-electron chi connectivity index (χ3n) is 6.60. The predicted octanol–water partition coefficient (Wildman–Crippen LogP) is 2.32. The minimum Gasteiger partial charge on any atom is -0.325 e. The highest BCUT2D eigenvalue weighted by Crippen LogP contribution is 2.32. The second-order valence-corrected chi connectivity index (χ2v) is 8.69. The molecule has 4 atom stereocenters. The summed E-state index contributed by atoms with van der Waals surface area (Å²) in [5.74, 6) is -0.332. The van der Waals surface area contributed by atoms with E-state index in [4.69, 9.17) is 0 Å². The van der Waals surface area contributed by atoms with Crippen LogP contribution in [-0.2, 0) is 4.79 Å². The van der Waals surface area contributed by atoms with E-state index in [1.54, 1.807) is 24.3 Å². The van der Waals surface area contributed by atoms with Crippen LogP contribution in [0.25, 0.3) is 0 Å². The van der Waals surface area contributed by atoms with Crippen LogP contribution >= 0.6 is 0 Å². The van der Waals surface area contributed by atoms with Crippen LogP contribution in [0.2, 0.25) is 0 Å². The molecule has 3 amide bonds. The number of urea groups is 1. The molecule has 4 N–H and O–H groups in total. The van der Waals surface area contributed by atoms with Crippen molar-refractivity contribution in [3.63, 3.8) is 0 Å². The summed E-state index contributed by atoms with van der Waals surface area (Å²) < 4.78 is 0. The number of fused-ring (bicyclic) bond motifs is 1. The lowest BCUT2D eigenvalue weighted by molar-refractivity contribution is -0.528. The SMILES string of the molecule is O=C(Nc1ccc(NC(=O)N2CCCCCC2)cc1)C1NNC2CCC([N+](=O)[O-])CC21. The van der Waals surface area contributed by atoms with E-state index in [0.717, 1.165) is 38.8 Å². The third-order valence-corrected chi connectivity index (χ3v) is 6.60. The molecule has 3 aliphatic rings. The quantitative estimate of drug-likeness (QED) is 0.429. The van der Waals surface area contributed by atoms with E-state index < -0.39 is 12.1 Å². The fourth-order valence-electron chi connectivity index (χ4n) is 4.82. The van der Waals surface area contributed by atoms with Crippen molar-refractivity contribution in [2.45, 2.75) is 63.1 Å². The molecular formula is C21H30N6O4. The largest absolute Gasteiger partial charge is 0.325 e. The van der Waals surface area contributed by atoms with Gasteiger partial charge in [0, 0.05) is 54.2 Å². The monoisotopic (exact) mass is 430 g/mol. The number of likely N-dealkylation sites (tertiary alicyclic amines) is 1. The maximum atomic E-state index is 12.8. The molecule has 4 unspecified atom stereocenters. The van der Waals surface area contributed by atoms with Crippen molar-refractivity contribution >= 4 is 23.3 Å². The number of carbonyl (C=O) groups excluding carboxylic acids is 2. The Bertz CT molecular complexity index is 809. The van der Waals surface area contributed by atoms with Crippen LogP contribution in [0.3, 0.4) is 0 Å². The third kappa shape index (κ3) is 5.13. The van der Waals surface area contributed by atoms with Gasteiger partial charge in [0.1, 0.15) is 6.04 Å². The second kappa shape index (κ2) is 9.61. The lowest BCUT2D eigenvalue weighted by atomic mass is 9.79. The van der Waals surface area contributed by atoms with Crippen molar-refractivity contribution in [3.05, 3.63) is 34.4 Å². The van der Waals surface area contributed by atoms with E-state index in [0.29, 0.717) is 30.6 Å². The fourth-order valence-corrected chi connectivity index (χ4v) is 4.82. The van der Waals surface area contributed by atoms with Crippen LogP contribution in [0.5, 0.6) is 0 Å². The lowest BCUT2D eigenvalue weighted by Gasteiger charge is -2.28. The molecule has 1 saturated carbocycles. The predicted molar refractivity (Wildman–Crippen MR) is 116 cm³/mol. The topological polar surface area (TPSA) is 129 Å². The van der Waals surface area contributed by atoms with Gasteiger partial charge in [0.25, 0.3) is 0 Å². The van der Waals surface area contributed by atoms with Gasteiger partial charge in [-0.3, -0.25) is 20.3 Å². The van der Waals surface area contributed by atoms with Crippen LogP contribution in [0.4, 0.5) is 16.2 Å². The lowest BCUT2D eigenvalue weighted by Crippen LogP contribution is -2.44. The molecule has 0 aromatic heterocycles. The molecule has 1 aromatic rings. The summed E-state index contributed by atoms with van der Waals surface area (Å²) in [6.45, 7) is 1.56. The average molecular weight is 431 g/mol. The standard InChI is InChI=1S/C21H30N6O4/c28-20(19-17-13-16(27(30)31)9-10-18(17)24-25-19)22-14-5-7-15(8-6-14)23-21(29)26-11-3-1-2-4-12-26/h5-8,16-19,24-25H,1-4,9-13H2,(H,22,28)(H,23,29). The molecular weight excluding hydrogens is 400 g/mol. The Morgan fingerprint density at radius 3 is 2.26 bits per heavy atom. The summed E-state index contributed by atoms with van der Waals surface area (Å²) in [6.07, 6.45) is 5.99. The molecule has 10 heteroatoms. The Morgan fingerprint density at radius 1 is 0.968 bits per heavy atom. The Balaban J connectivity index is 1.32. The number of hydrogen-bond donors (Lipinski definition) is 4. The number of rotatable bonds is 4. The molecule has 0 spiro atoms. The van der Waals surface area contributed by atoms with Gasteiger partial charge < -0.3 is 15.5 Å². The molecule has 2 heterocycles. The number of hydrogen-bond acceptors (Lipinski definition) is 6. The highest BCUT2D eigenvalue weighted by molar-refractivity contribution is 5.96. The number of carbonyl (C=O) groups is 2. The van der Waals surface area contributed by atoms with Gasteiger partial charge >= 0.3 is 6.03 Å². The Hall–Kier alpha value is -2.72. The molecule has 2 saturated heterocycles. The van der Waals surface area contributed by atoms with Crippen LogP contribution < -0.4 is 21.5 Å². The maximum Gasteiger partial charge on any atom is 0.321 e. The van der Waals surface area contributed by atoms with E-state index in [-0.39, 0.29) is 28.8 Å². The summed E-state index contributed by atoms with van der Waals surface area (Å²) in [5.41, 5.74) is 7.42. The number of nitrogens with one attached hydrogen (secondary N) is 4. The molecule has 1 aromatic carbocycles. The first-order chi connectivity index (χ1) is 15.0. The first-order valence-electron chi connectivity index (χ1n) is 11.1. The Labute approximate surface area is 181 Å². The van der Waals surface area contributed by atoms with Crippen molar-refractivity contribution in [1.29, 1.82) is 0 Å². The van der Waals surface area contributed by atoms with E-state index in [2.05, 4.69) is 21.5 Å². The average Bonchev–Trinajstić information content (AvgIpc) is 2.99. The van der Waals surface area contributed by atoms with E-state index >= 15 is 0 Å². The van der Waals surface area contributed by atoms with Gasteiger partial charge in [0.05, 0.1) is 0 Å². The molecule has 0 radical (unpaired) electrons. The number of hydrazine groups is 1. The molecule has 3 fully saturated rings. The van der Waals surface area contributed by atoms with Gasteiger partial charge in [-0.25, -0.2) is 10.2 Å². The van der Waals surface area contributed by atoms with Crippen molar-refractivity contribution in [3.8, 4) is 0 Å². The van der Waals surface area contributed by atoms with Crippen LogP contribution in [-0.4, -0.2) is 53.0 Å². The summed E-state index contributed by atoms with van der Waals surface area (Å²) >= 11 is 0. The van der Waals surface area contributed by atoms with Crippen molar-refractivity contribution in [2.75, 3.05) is 23.7 Å². The minimum absolute atomic E-state index is 0.0727. The Kier molecular flexibility index (Phi) is 6.67. The van der Waals surface area contributed by atoms with Crippen LogP contribution in [0.1, 0.15) is 44.9 Å². The molecule has 2 aliphatic heterocycles. The molecule has 4 rings (SSSR count). The van der Waals surface area contributed by atoms with E-state index in [1.807, 2.05) is 4.90 Å². The second-order valence-electron chi connectivity index (χ2n) is 8.69. The highest BCUT2D eigenvalue weighted by Gasteiger charge is 2.46. The van der Waals surface area contributed by atoms with Gasteiger partial charge in [-0.2, -0.15) is 0 Å². The number of amides is 3. The van der Waals surface area contributed by atoms with Gasteiger partial charge in [0.2, 0.25) is 11.9 Å². The molecule has 0 bridgehead atoms. The summed E-state index contributed by atoms with van der Waals surface area (Å²) in [4.78, 5) is 38.0. The van der Waals surface area contributed by atoms with Crippen molar-refractivity contribution in [1.82, 2.24) is 15.8 Å². The minimum atomic E-state index is -0.592. The van der Waals surface area contributed by atoms with Gasteiger partial charge in [-0.1, -0.05) is 12.8 Å². The highest BCUT2D eigenvalue weighted by atomic mass is 16.6. The summed E-state index contributed by atoms with van der Waals surface area (Å²) in [6, 6.07) is 5.88. The summed E-state index contributed by atoms with van der Waals surface area (Å²) in [7, 11) is 0. The number of nitrogens with zero attached hydrogens (tertiary/aromatic N) is 2. The normalized spacial score (nSPS) is 28.3. The van der Waals surface area contributed by atoms with E-state index in [1.165, 1.54) is 0 Å². The van der Waals surface area contributed by atoms with Gasteiger partial charge in [0.15, 0.2) is 0 Å². The number of benzene rings is 1. The van der Waals surface area contributed by atoms with Crippen LogP contribution in [0, 0.1) is 16.0 Å². The maximum absolute atomic E-state index is 12.8. The Morgan fingerprint density at radius 2 is 1.61 bits per heavy atom. The van der Waals surface area contributed by atoms with Gasteiger partial charge in [-0.05, 0) is 43.5 Å². The molecule has 1 aliphatic carbocycles. The number of nitro groups is 1. The molecule has 31 heavy (non-hydrogen) atoms. The van der Waals surface area contributed by atoms with E-state index in [9.17, 15) is 19.7 Å². The zero-order valence-corrected chi connectivity index (χ0v) is 17.5. The zero-order valence-electron chi connectivity index (χ0n) is 17.5. The molecule has 168 valence electrons. The first-order valence-corrected chi connectivity index (χ1v) is 11.1. The van der Waals surface area contributed by atoms with Crippen LogP contribution in [0.15, 0.2) is 24.3 Å². The smallest absolute Gasteiger partial charge is 0.321 e. The van der Waals surface area contributed by atoms with Gasteiger partial charge in [-0.15, -0.1) is 0 Å². The molecule has 10 nitrogen and oxygen atoms in total. The van der Waals surface area contributed by atoms with Crippen molar-refractivity contribution in [2.24, 2.45) is 5.92 Å². The summed E-state index contributed by atoms with van der Waals surface area (Å²) in [5, 5.41) is 17.0. The van der Waals surface area contributed by atoms with Crippen molar-refractivity contribution < 1.29 is 14.5 Å². The first kappa shape index (κ1) is 21.5.